The topological polar surface area (TPSA) is 74.3 Å². The number of imide groups is 1. The summed E-state index contributed by atoms with van der Waals surface area (Å²) in [5, 5.41) is 0. The summed E-state index contributed by atoms with van der Waals surface area (Å²) < 4.78 is 9.56. The highest BCUT2D eigenvalue weighted by Crippen LogP contribution is 2.35. The van der Waals surface area contributed by atoms with Crippen molar-refractivity contribution in [3.8, 4) is 0 Å². The van der Waals surface area contributed by atoms with E-state index in [2.05, 4.69) is 23.0 Å². The third kappa shape index (κ3) is 3.18. The Hall–Kier alpha value is -2.52. The minimum atomic E-state index is -0.601. The second kappa shape index (κ2) is 7.38. The van der Waals surface area contributed by atoms with Crippen molar-refractivity contribution in [1.82, 2.24) is 19.3 Å². The van der Waals surface area contributed by atoms with Crippen LogP contribution >= 0.6 is 0 Å². The number of amides is 3. The smallest absolute Gasteiger partial charge is 0.379 e. The molecule has 156 valence electrons. The molecule has 0 spiro atoms. The number of rotatable bonds is 5. The molecule has 0 N–H and O–H groups in total. The second-order valence-electron chi connectivity index (χ2n) is 8.04. The van der Waals surface area contributed by atoms with E-state index in [9.17, 15) is 9.59 Å². The molecular formula is C20H29N6O3+. The summed E-state index contributed by atoms with van der Waals surface area (Å²) in [5.41, 5.74) is 2.85. The van der Waals surface area contributed by atoms with Crippen molar-refractivity contribution in [1.29, 1.82) is 0 Å². The first-order chi connectivity index (χ1) is 13.8. The monoisotopic (exact) mass is 401 g/mol. The van der Waals surface area contributed by atoms with Crippen molar-refractivity contribution >= 4 is 23.7 Å². The fourth-order valence-corrected chi connectivity index (χ4v) is 4.25. The normalized spacial score (nSPS) is 22.1. The molecule has 1 atom stereocenters. The molecule has 2 fully saturated rings. The van der Waals surface area contributed by atoms with Crippen LogP contribution in [-0.4, -0.2) is 83.5 Å². The van der Waals surface area contributed by atoms with Gasteiger partial charge in [-0.15, -0.1) is 0 Å². The molecule has 3 amide bonds. The summed E-state index contributed by atoms with van der Waals surface area (Å²) in [4.78, 5) is 35.9. The maximum absolute atomic E-state index is 13.2. The van der Waals surface area contributed by atoms with Gasteiger partial charge in [-0.1, -0.05) is 17.1 Å². The molecule has 1 aromatic heterocycles. The van der Waals surface area contributed by atoms with E-state index in [0.29, 0.717) is 5.84 Å². The Bertz CT molecular complexity index is 912. The van der Waals surface area contributed by atoms with Crippen LogP contribution in [0.5, 0.6) is 0 Å². The van der Waals surface area contributed by atoms with Crippen molar-refractivity contribution in [2.75, 3.05) is 46.4 Å². The summed E-state index contributed by atoms with van der Waals surface area (Å²) in [6.07, 6.45) is 0. The predicted octanol–water partition coefficient (Wildman–Crippen LogP) is 0.779. The second-order valence-corrected chi connectivity index (χ2v) is 8.04. The van der Waals surface area contributed by atoms with E-state index in [1.807, 2.05) is 18.4 Å². The van der Waals surface area contributed by atoms with Crippen LogP contribution < -0.4 is 4.57 Å². The quantitative estimate of drug-likeness (QED) is 0.540. The first kappa shape index (κ1) is 19.8. The van der Waals surface area contributed by atoms with E-state index in [1.54, 1.807) is 7.05 Å². The van der Waals surface area contributed by atoms with Gasteiger partial charge in [0.05, 0.1) is 26.3 Å². The van der Waals surface area contributed by atoms with Gasteiger partial charge in [0, 0.05) is 26.7 Å². The number of morpholine rings is 1. The van der Waals surface area contributed by atoms with Gasteiger partial charge in [0.2, 0.25) is 11.9 Å². The Morgan fingerprint density at radius 1 is 1.28 bits per heavy atom. The Morgan fingerprint density at radius 2 is 1.97 bits per heavy atom. The number of nitrogens with zero attached hydrogens (tertiary/aromatic N) is 6. The highest BCUT2D eigenvalue weighted by molar-refractivity contribution is 6.20. The number of ether oxygens (including phenoxy) is 1. The highest BCUT2D eigenvalue weighted by atomic mass is 16.5. The molecule has 4 rings (SSSR count). The Labute approximate surface area is 170 Å². The number of carbonyl (C=O) groups excluding carboxylic acids is 2. The van der Waals surface area contributed by atoms with E-state index in [-0.39, 0.29) is 18.5 Å². The average molecular weight is 401 g/mol. The van der Waals surface area contributed by atoms with Crippen LogP contribution in [0.2, 0.25) is 0 Å². The molecule has 0 bridgehead atoms. The van der Waals surface area contributed by atoms with Gasteiger partial charge in [0.25, 0.3) is 5.91 Å². The van der Waals surface area contributed by atoms with Crippen LogP contribution in [-0.2, 0) is 16.1 Å². The van der Waals surface area contributed by atoms with Crippen molar-refractivity contribution < 1.29 is 18.9 Å². The molecule has 9 nitrogen and oxygen atoms in total. The molecule has 9 heteroatoms. The van der Waals surface area contributed by atoms with Gasteiger partial charge in [-0.25, -0.2) is 13.9 Å². The minimum Gasteiger partial charge on any atom is -0.379 e. The zero-order chi connectivity index (χ0) is 20.9. The van der Waals surface area contributed by atoms with Crippen molar-refractivity contribution in [2.45, 2.75) is 33.4 Å². The molecule has 0 aliphatic carbocycles. The van der Waals surface area contributed by atoms with Crippen LogP contribution in [0.3, 0.4) is 0 Å². The lowest BCUT2D eigenvalue weighted by atomic mass is 10.1. The lowest BCUT2D eigenvalue weighted by molar-refractivity contribution is -0.688. The van der Waals surface area contributed by atoms with Crippen molar-refractivity contribution in [3.63, 3.8) is 0 Å². The summed E-state index contributed by atoms with van der Waals surface area (Å²) >= 11 is 0. The zero-order valence-corrected chi connectivity index (χ0v) is 17.6. The standard InChI is InChI=1S/C20H29N6O3/c1-13(2)12-25-18(27)16-17(22(5)20(25)28)21-19-24(14(3)15(4)26(16)19)7-6-23-8-10-29-11-9-23/h16H,1,6-12H2,2-5H3/q+1. The van der Waals surface area contributed by atoms with Crippen LogP contribution in [0.15, 0.2) is 17.1 Å². The Balaban J connectivity index is 1.67. The molecule has 3 aliphatic rings. The number of imidazole rings is 1. The third-order valence-electron chi connectivity index (χ3n) is 6.00. The molecule has 4 heterocycles. The number of aliphatic imine (C=N–C) groups is 1. The lowest BCUT2D eigenvalue weighted by Crippen LogP contribution is -2.58. The van der Waals surface area contributed by atoms with Gasteiger partial charge in [0.1, 0.15) is 11.4 Å². The maximum Gasteiger partial charge on any atom is 0.402 e. The number of hydrogen-bond acceptors (Lipinski definition) is 5. The number of hydrogen-bond donors (Lipinski definition) is 0. The van der Waals surface area contributed by atoms with Crippen molar-refractivity contribution in [3.05, 3.63) is 23.5 Å². The molecule has 1 unspecified atom stereocenters. The Morgan fingerprint density at radius 3 is 2.62 bits per heavy atom. The summed E-state index contributed by atoms with van der Waals surface area (Å²) in [6, 6.07) is -0.955. The highest BCUT2D eigenvalue weighted by Gasteiger charge is 2.54. The third-order valence-corrected chi connectivity index (χ3v) is 6.00. The zero-order valence-electron chi connectivity index (χ0n) is 17.6. The van der Waals surface area contributed by atoms with E-state index in [1.165, 1.54) is 9.80 Å². The average Bonchev–Trinajstić information content (AvgIpc) is 3.19. The lowest BCUT2D eigenvalue weighted by Gasteiger charge is -2.33. The van der Waals surface area contributed by atoms with Gasteiger partial charge in [0.15, 0.2) is 0 Å². The molecular weight excluding hydrogens is 372 g/mol. The minimum absolute atomic E-state index is 0.220. The van der Waals surface area contributed by atoms with Crippen LogP contribution in [0.4, 0.5) is 10.7 Å². The number of aromatic nitrogens is 2. The Kier molecular flexibility index (Phi) is 5.04. The molecule has 0 radical (unpaired) electrons. The van der Waals surface area contributed by atoms with Crippen LogP contribution in [0, 0.1) is 13.8 Å². The van der Waals surface area contributed by atoms with E-state index in [4.69, 9.17) is 9.73 Å². The van der Waals surface area contributed by atoms with Crippen molar-refractivity contribution in [2.24, 2.45) is 4.99 Å². The van der Waals surface area contributed by atoms with Gasteiger partial charge >= 0.3 is 12.0 Å². The van der Waals surface area contributed by atoms with Crippen LogP contribution in [0.25, 0.3) is 0 Å². The largest absolute Gasteiger partial charge is 0.402 e. The van der Waals surface area contributed by atoms with Gasteiger partial charge in [-0.05, 0) is 20.8 Å². The molecule has 1 aromatic rings. The maximum atomic E-state index is 13.2. The van der Waals surface area contributed by atoms with Gasteiger partial charge < -0.3 is 4.74 Å². The molecule has 0 aromatic carbocycles. The number of fused-ring (bicyclic) bond motifs is 3. The fraction of sp³-hybridized carbons (Fsp3) is 0.600. The predicted molar refractivity (Wildman–Crippen MR) is 107 cm³/mol. The number of carbonyl (C=O) groups is 2. The number of urea groups is 1. The van der Waals surface area contributed by atoms with E-state index < -0.39 is 6.04 Å². The first-order valence-corrected chi connectivity index (χ1v) is 10.0. The van der Waals surface area contributed by atoms with Gasteiger partial charge in [-0.2, -0.15) is 0 Å². The number of likely N-dealkylation sites (N-methyl/N-ethyl adjacent to an activating group) is 1. The van der Waals surface area contributed by atoms with E-state index in [0.717, 1.165) is 62.3 Å². The van der Waals surface area contributed by atoms with Gasteiger partial charge in [-0.3, -0.25) is 19.5 Å². The SMILES string of the molecule is C=C(C)CN1C(=O)C2C(=Nc3n2c(C)c(C)[n+]3CCN2CCOCC2)N(C)C1=O. The van der Waals surface area contributed by atoms with E-state index >= 15 is 0 Å². The molecule has 29 heavy (non-hydrogen) atoms. The number of amidine groups is 1. The summed E-state index contributed by atoms with van der Waals surface area (Å²) in [6.45, 7) is 15.0. The summed E-state index contributed by atoms with van der Waals surface area (Å²) in [7, 11) is 1.68. The summed E-state index contributed by atoms with van der Waals surface area (Å²) in [5.74, 6) is 0.988. The first-order valence-electron chi connectivity index (χ1n) is 10.0. The molecule has 0 saturated carbocycles. The molecule has 3 aliphatic heterocycles. The fourth-order valence-electron chi connectivity index (χ4n) is 4.25. The molecule has 2 saturated heterocycles. The van der Waals surface area contributed by atoms with Crippen LogP contribution in [0.1, 0.15) is 24.4 Å².